The number of benzene rings is 2. The largest absolute Gasteiger partial charge is 1.00 e. The third-order valence-electron chi connectivity index (χ3n) is 4.38. The minimum atomic E-state index is -7.55. The molecule has 0 saturated heterocycles. The minimum absolute atomic E-state index is 0. The van der Waals surface area contributed by atoms with Gasteiger partial charge in [0, 0.05) is 11.6 Å². The molecule has 2 aromatic carbocycles. The molecule has 0 aliphatic carbocycles. The summed E-state index contributed by atoms with van der Waals surface area (Å²) in [6, 6.07) is 2.15. The molecule has 0 aromatic heterocycles. The molecule has 0 aliphatic heterocycles. The third-order valence-corrected chi connectivity index (χ3v) is 7.48. The van der Waals surface area contributed by atoms with Crippen molar-refractivity contribution in [1.29, 1.82) is 0 Å². The number of aromatic carboxylic acids is 1. The molecule has 1 N–H and O–H groups in total. The van der Waals surface area contributed by atoms with Crippen LogP contribution in [0.15, 0.2) is 29.3 Å². The van der Waals surface area contributed by atoms with E-state index in [0.717, 1.165) is 6.07 Å². The molecule has 0 heterocycles. The van der Waals surface area contributed by atoms with Crippen LogP contribution in [0.5, 0.6) is 5.75 Å². The molecule has 2 aromatic rings. The Hall–Kier alpha value is -0.704. The fraction of sp³-hybridized carbons (Fsp3) is 0.222. The first kappa shape index (κ1) is 37.3. The monoisotopic (exact) mass is 713 g/mol. The summed E-state index contributed by atoms with van der Waals surface area (Å²) in [6.07, 6.45) is -7.29. The molecule has 0 bridgehead atoms. The van der Waals surface area contributed by atoms with E-state index >= 15 is 0 Å². The van der Waals surface area contributed by atoms with Gasteiger partial charge in [0.05, 0.1) is 31.3 Å². The Morgan fingerprint density at radius 2 is 1.32 bits per heavy atom. The molecule has 0 fully saturated rings. The number of carboxylic acids is 1. The molecule has 0 radical (unpaired) electrons. The molecule has 0 amide bonds. The van der Waals surface area contributed by atoms with Crippen LogP contribution in [0.25, 0.3) is 0 Å². The van der Waals surface area contributed by atoms with Gasteiger partial charge in [-0.1, -0.05) is 52.5 Å². The van der Waals surface area contributed by atoms with Crippen LogP contribution in [0.2, 0.25) is 20.1 Å². The van der Waals surface area contributed by atoms with Gasteiger partial charge in [-0.2, -0.15) is 47.9 Å². The Labute approximate surface area is 279 Å². The molecule has 216 valence electrons. The van der Waals surface area contributed by atoms with Crippen molar-refractivity contribution in [1.82, 2.24) is 0 Å². The fourth-order valence-electron chi connectivity index (χ4n) is 2.51. The summed E-state index contributed by atoms with van der Waals surface area (Å²) >= 11 is 23.1. The third kappa shape index (κ3) is 6.60. The zero-order valence-electron chi connectivity index (χ0n) is 18.6. The van der Waals surface area contributed by atoms with E-state index in [1.54, 1.807) is 0 Å². The number of alkyl halides is 9. The Balaban J connectivity index is 0.00000800. The van der Waals surface area contributed by atoms with Gasteiger partial charge in [0.2, 0.25) is 0 Å². The van der Waals surface area contributed by atoms with Gasteiger partial charge in [0.15, 0.2) is 0 Å². The summed E-state index contributed by atoms with van der Waals surface area (Å²) in [5.41, 5.74) is -2.76. The van der Waals surface area contributed by atoms with Crippen LogP contribution in [0, 0.1) is 0 Å². The average Bonchev–Trinajstić information content (AvgIpc) is 2.78. The van der Waals surface area contributed by atoms with Gasteiger partial charge in [0.25, 0.3) is 0 Å². The van der Waals surface area contributed by atoms with Crippen molar-refractivity contribution in [2.24, 2.45) is 4.99 Å². The summed E-state index contributed by atoms with van der Waals surface area (Å²) in [7, 11) is -7.29. The van der Waals surface area contributed by atoms with Crippen molar-refractivity contribution >= 4 is 74.1 Å². The molecule has 2 rings (SSSR count). The van der Waals surface area contributed by atoms with E-state index in [1.807, 2.05) is 0 Å². The molecule has 0 saturated carbocycles. The summed E-state index contributed by atoms with van der Waals surface area (Å²) in [5, 5.41) is 12.1. The van der Waals surface area contributed by atoms with Gasteiger partial charge < -0.3 is 14.4 Å². The van der Waals surface area contributed by atoms with Crippen molar-refractivity contribution in [3.63, 3.8) is 0 Å². The predicted octanol–water partition coefficient (Wildman–Crippen LogP) is 3.58. The van der Waals surface area contributed by atoms with Crippen LogP contribution in [-0.2, 0) is 10.1 Å². The number of rotatable bonds is 8. The molecular weight excluding hydrogens is 710 g/mol. The van der Waals surface area contributed by atoms with Crippen LogP contribution in [-0.4, -0.2) is 48.7 Å². The Morgan fingerprint density at radius 1 is 0.850 bits per heavy atom. The van der Waals surface area contributed by atoms with Crippen LogP contribution >= 0.6 is 46.4 Å². The van der Waals surface area contributed by atoms with Crippen LogP contribution < -0.4 is 60.7 Å². The van der Waals surface area contributed by atoms with E-state index in [4.69, 9.17) is 46.4 Å². The first-order valence-corrected chi connectivity index (χ1v) is 11.9. The number of hydrogen-bond acceptors (Lipinski definition) is 6. The normalized spacial score (nSPS) is 13.6. The number of carboxylic acid groups (broad SMARTS) is 1. The van der Waals surface area contributed by atoms with Crippen LogP contribution in [0.3, 0.4) is 0 Å². The van der Waals surface area contributed by atoms with E-state index in [0.29, 0.717) is 12.1 Å². The van der Waals surface area contributed by atoms with E-state index < -0.39 is 87.9 Å². The first-order chi connectivity index (χ1) is 17.4. The van der Waals surface area contributed by atoms with Gasteiger partial charge in [-0.15, -0.1) is 0 Å². The zero-order chi connectivity index (χ0) is 30.5. The van der Waals surface area contributed by atoms with E-state index in [-0.39, 0.29) is 57.5 Å². The number of aliphatic imine (C=N–C) groups is 1. The Morgan fingerprint density at radius 3 is 1.77 bits per heavy atom. The number of halogens is 13. The fourth-order valence-corrected chi connectivity index (χ4v) is 4.43. The molecule has 0 spiro atoms. The zero-order valence-corrected chi connectivity index (χ0v) is 25.5. The number of nitrogens with zero attached hydrogens (tertiary/aromatic N) is 1. The summed E-state index contributed by atoms with van der Waals surface area (Å²) < 4.78 is 145. The molecule has 0 aliphatic rings. The number of hydrogen-bond donors (Lipinski definition) is 1. The maximum Gasteiger partial charge on any atom is 1.00 e. The van der Waals surface area contributed by atoms with E-state index in [1.165, 1.54) is 0 Å². The van der Waals surface area contributed by atoms with Crippen molar-refractivity contribution in [2.75, 3.05) is 0 Å². The first-order valence-electron chi connectivity index (χ1n) is 9.02. The minimum Gasteiger partial charge on any atom is -0.858 e. The van der Waals surface area contributed by atoms with Crippen molar-refractivity contribution < 1.29 is 119 Å². The maximum atomic E-state index is 13.9. The second-order valence-electron chi connectivity index (χ2n) is 6.93. The van der Waals surface area contributed by atoms with E-state index in [2.05, 4.69) is 9.18 Å². The molecule has 0 unspecified atom stereocenters. The van der Waals surface area contributed by atoms with Crippen molar-refractivity contribution in [2.45, 2.75) is 23.3 Å². The second kappa shape index (κ2) is 12.5. The molecule has 7 nitrogen and oxygen atoms in total. The van der Waals surface area contributed by atoms with Gasteiger partial charge in [0.1, 0.15) is 5.75 Å². The molecule has 40 heavy (non-hydrogen) atoms. The van der Waals surface area contributed by atoms with Gasteiger partial charge in [-0.3, -0.25) is 4.99 Å². The smallest absolute Gasteiger partial charge is 0.858 e. The molecule has 22 heteroatoms. The van der Waals surface area contributed by atoms with Gasteiger partial charge in [-0.25, -0.2) is 4.79 Å². The molecule has 0 atom stereocenters. The van der Waals surface area contributed by atoms with E-state index in [9.17, 15) is 62.9 Å². The average molecular weight is 715 g/mol. The van der Waals surface area contributed by atoms with Crippen molar-refractivity contribution in [3.8, 4) is 5.75 Å². The Kier molecular flexibility index (Phi) is 11.7. The second-order valence-corrected chi connectivity index (χ2v) is 10.0. The van der Waals surface area contributed by atoms with Crippen LogP contribution in [0.1, 0.15) is 15.9 Å². The van der Waals surface area contributed by atoms with Gasteiger partial charge in [-0.05, 0) is 18.0 Å². The topological polar surface area (TPSA) is 116 Å². The summed E-state index contributed by atoms with van der Waals surface area (Å²) in [5.74, 6) is -19.9. The molecular formula is C18H5Cl4F9KNO6S. The van der Waals surface area contributed by atoms with Crippen LogP contribution in [0.4, 0.5) is 45.2 Å². The van der Waals surface area contributed by atoms with Crippen molar-refractivity contribution in [3.05, 3.63) is 55.5 Å². The maximum absolute atomic E-state index is 13.9. The van der Waals surface area contributed by atoms with Gasteiger partial charge >= 0.3 is 90.7 Å². The quantitative estimate of drug-likeness (QED) is 0.0851. The SMILES string of the molecule is O=C(O)c1c(Cl)c(Cl)c(Cl)c(Cl)c1C([O-])=Nc1cccc(OS(=O)(=O)C(F)(F)C(F)(F)C(F)(F)C(F)(F)F)c1.[K+]. The standard InChI is InChI=1S/C18H6Cl4F9NO6S.K/c19-9-7(8(14(34)35)10(20)12(22)11(9)21)13(33)32-5-2-1-3-6(4-5)38-39(36,37)18(30,31)16(25,26)15(23,24)17(27,28)29;/h1-4H,(H,32,33)(H,34,35);/q;+1/p-1. The number of carbonyl (C=O) groups is 1. The summed E-state index contributed by atoms with van der Waals surface area (Å²) in [4.78, 5) is 14.8. The summed E-state index contributed by atoms with van der Waals surface area (Å²) in [6.45, 7) is 0. The predicted molar refractivity (Wildman–Crippen MR) is 117 cm³/mol. The Bertz CT molecular complexity index is 1470.